The molecule has 7 nitrogen and oxygen atoms in total. The number of nitriles is 1. The number of ether oxygens (including phenoxy) is 1. The number of carbonyl (C=O) groups excluding carboxylic acids is 1. The second kappa shape index (κ2) is 11.2. The van der Waals surface area contributed by atoms with E-state index >= 15 is 0 Å². The number of nitrogens with zero attached hydrogens (tertiary/aromatic N) is 2. The Morgan fingerprint density at radius 1 is 1.16 bits per heavy atom. The molecule has 1 amide bonds. The summed E-state index contributed by atoms with van der Waals surface area (Å²) in [6, 6.07) is 17.9. The van der Waals surface area contributed by atoms with Crippen molar-refractivity contribution < 1.29 is 9.53 Å². The van der Waals surface area contributed by atoms with Crippen LogP contribution in [0, 0.1) is 11.5 Å². The van der Waals surface area contributed by atoms with Crippen LogP contribution in [0.1, 0.15) is 48.5 Å². The maximum atomic E-state index is 12.8. The summed E-state index contributed by atoms with van der Waals surface area (Å²) in [6.07, 6.45) is 5.58. The van der Waals surface area contributed by atoms with Gasteiger partial charge >= 0.3 is 0 Å². The molecule has 3 N–H and O–H groups in total. The molecule has 1 aliphatic carbocycles. The first-order chi connectivity index (χ1) is 15.6. The van der Waals surface area contributed by atoms with E-state index in [1.54, 1.807) is 19.2 Å². The number of hydrogen-bond acceptors (Lipinski definition) is 4. The van der Waals surface area contributed by atoms with Gasteiger partial charge < -0.3 is 15.4 Å². The summed E-state index contributed by atoms with van der Waals surface area (Å²) in [5, 5.41) is 17.9. The third-order valence-corrected chi connectivity index (χ3v) is 6.08. The molecule has 0 atom stereocenters. The Morgan fingerprint density at radius 2 is 1.84 bits per heavy atom. The summed E-state index contributed by atoms with van der Waals surface area (Å²) in [7, 11) is 1.65. The molecule has 0 heterocycles. The molecule has 0 radical (unpaired) electrons. The molecule has 3 rings (SSSR count). The summed E-state index contributed by atoms with van der Waals surface area (Å²) in [4.78, 5) is 16.9. The van der Waals surface area contributed by atoms with Gasteiger partial charge in [-0.3, -0.25) is 15.1 Å². The Balaban J connectivity index is 1.68. The molecule has 0 spiro atoms. The van der Waals surface area contributed by atoms with Crippen LogP contribution < -0.4 is 20.7 Å². The van der Waals surface area contributed by atoms with E-state index in [4.69, 9.17) is 10.00 Å². The molecule has 32 heavy (non-hydrogen) atoms. The molecule has 0 aromatic heterocycles. The minimum Gasteiger partial charge on any atom is -0.494 e. The monoisotopic (exact) mass is 433 g/mol. The highest BCUT2D eigenvalue weighted by molar-refractivity contribution is 5.94. The van der Waals surface area contributed by atoms with E-state index < -0.39 is 0 Å². The smallest absolute Gasteiger partial charge is 0.251 e. The van der Waals surface area contributed by atoms with Gasteiger partial charge in [-0.25, -0.2) is 0 Å². The van der Waals surface area contributed by atoms with E-state index in [0.29, 0.717) is 24.7 Å². The number of guanidine groups is 1. The molecular weight excluding hydrogens is 402 g/mol. The molecule has 0 unspecified atom stereocenters. The van der Waals surface area contributed by atoms with Crippen LogP contribution in [0.15, 0.2) is 59.6 Å². The minimum absolute atomic E-state index is 0.0813. The zero-order chi connectivity index (χ0) is 22.8. The summed E-state index contributed by atoms with van der Waals surface area (Å²) >= 11 is 0. The van der Waals surface area contributed by atoms with Gasteiger partial charge in [0.05, 0.1) is 6.61 Å². The van der Waals surface area contributed by atoms with Crippen molar-refractivity contribution in [2.45, 2.75) is 44.1 Å². The molecule has 2 aromatic carbocycles. The van der Waals surface area contributed by atoms with E-state index in [1.807, 2.05) is 43.4 Å². The molecule has 1 fully saturated rings. The summed E-state index contributed by atoms with van der Waals surface area (Å²) < 4.78 is 5.46. The van der Waals surface area contributed by atoms with Crippen LogP contribution in [-0.4, -0.2) is 38.1 Å². The number of amides is 1. The first-order valence-corrected chi connectivity index (χ1v) is 11.0. The summed E-state index contributed by atoms with van der Waals surface area (Å²) in [5.74, 6) is 1.17. The Bertz CT molecular complexity index is 943. The van der Waals surface area contributed by atoms with E-state index in [-0.39, 0.29) is 17.4 Å². The van der Waals surface area contributed by atoms with Crippen molar-refractivity contribution in [2.75, 3.05) is 20.2 Å². The number of carbonyl (C=O) groups is 1. The standard InChI is InChI=1S/C25H31N5O2/c1-3-32-22-11-9-19(10-12-22)23(31)28-17-25(20-7-5-4-6-8-20)15-13-21(14-16-25)30-24(27-2)29-18-26/h4-12,21H,3,13-17H2,1-2H3,(H,28,31)(H2,27,29,30). The van der Waals surface area contributed by atoms with Gasteiger partial charge in [0.15, 0.2) is 6.19 Å². The molecule has 1 aliphatic rings. The number of aliphatic imine (C=N–C) groups is 1. The Kier molecular flexibility index (Phi) is 8.09. The van der Waals surface area contributed by atoms with Gasteiger partial charge in [0.1, 0.15) is 5.75 Å². The van der Waals surface area contributed by atoms with Gasteiger partial charge in [0, 0.05) is 30.6 Å². The van der Waals surface area contributed by atoms with Gasteiger partial charge in [-0.05, 0) is 62.4 Å². The highest BCUT2D eigenvalue weighted by Crippen LogP contribution is 2.39. The number of benzene rings is 2. The third kappa shape index (κ3) is 5.79. The Morgan fingerprint density at radius 3 is 2.44 bits per heavy atom. The SMILES string of the molecule is CCOc1ccc(C(=O)NCC2(c3ccccc3)CCC(NC(=NC)NC#N)CC2)cc1. The first kappa shape index (κ1) is 23.1. The highest BCUT2D eigenvalue weighted by atomic mass is 16.5. The van der Waals surface area contributed by atoms with E-state index in [2.05, 4.69) is 33.1 Å². The normalized spacial score (nSPS) is 20.7. The summed E-state index contributed by atoms with van der Waals surface area (Å²) in [5.41, 5.74) is 1.73. The molecule has 0 saturated heterocycles. The van der Waals surface area contributed by atoms with Crippen LogP contribution in [0.4, 0.5) is 0 Å². The van der Waals surface area contributed by atoms with Crippen LogP contribution >= 0.6 is 0 Å². The maximum Gasteiger partial charge on any atom is 0.251 e. The fourth-order valence-electron chi connectivity index (χ4n) is 4.30. The molecule has 168 valence electrons. The third-order valence-electron chi connectivity index (χ3n) is 6.08. The zero-order valence-corrected chi connectivity index (χ0v) is 18.7. The van der Waals surface area contributed by atoms with Crippen molar-refractivity contribution in [2.24, 2.45) is 4.99 Å². The summed E-state index contributed by atoms with van der Waals surface area (Å²) in [6.45, 7) is 3.10. The maximum absolute atomic E-state index is 12.8. The average Bonchev–Trinajstić information content (AvgIpc) is 2.84. The highest BCUT2D eigenvalue weighted by Gasteiger charge is 2.37. The molecule has 0 bridgehead atoms. The first-order valence-electron chi connectivity index (χ1n) is 11.0. The van der Waals surface area contributed by atoms with E-state index in [0.717, 1.165) is 31.4 Å². The minimum atomic E-state index is -0.132. The predicted molar refractivity (Wildman–Crippen MR) is 126 cm³/mol. The molecular formula is C25H31N5O2. The largest absolute Gasteiger partial charge is 0.494 e. The van der Waals surface area contributed by atoms with Crippen molar-refractivity contribution in [1.29, 1.82) is 5.26 Å². The van der Waals surface area contributed by atoms with Crippen LogP contribution in [0.2, 0.25) is 0 Å². The van der Waals surface area contributed by atoms with Gasteiger partial charge in [-0.1, -0.05) is 30.3 Å². The lowest BCUT2D eigenvalue weighted by Gasteiger charge is -2.41. The lowest BCUT2D eigenvalue weighted by atomic mass is 9.68. The van der Waals surface area contributed by atoms with Crippen molar-refractivity contribution in [3.8, 4) is 11.9 Å². The topological polar surface area (TPSA) is 98.5 Å². The lowest BCUT2D eigenvalue weighted by molar-refractivity contribution is 0.0935. The molecule has 1 saturated carbocycles. The van der Waals surface area contributed by atoms with E-state index in [9.17, 15) is 4.79 Å². The quantitative estimate of drug-likeness (QED) is 0.269. The second-order valence-corrected chi connectivity index (χ2v) is 8.01. The van der Waals surface area contributed by atoms with Crippen LogP contribution in [0.5, 0.6) is 5.75 Å². The van der Waals surface area contributed by atoms with Crippen molar-refractivity contribution in [3.05, 3.63) is 65.7 Å². The van der Waals surface area contributed by atoms with E-state index in [1.165, 1.54) is 5.56 Å². The second-order valence-electron chi connectivity index (χ2n) is 8.01. The van der Waals surface area contributed by atoms with Gasteiger partial charge in [-0.15, -0.1) is 0 Å². The fraction of sp³-hybridized carbons (Fsp3) is 0.400. The fourth-order valence-corrected chi connectivity index (χ4v) is 4.30. The number of rotatable bonds is 7. The zero-order valence-electron chi connectivity index (χ0n) is 18.7. The van der Waals surface area contributed by atoms with Crippen LogP contribution in [0.25, 0.3) is 0 Å². The van der Waals surface area contributed by atoms with Crippen molar-refractivity contribution >= 4 is 11.9 Å². The van der Waals surface area contributed by atoms with Crippen LogP contribution in [0.3, 0.4) is 0 Å². The Hall–Kier alpha value is -3.53. The molecule has 0 aliphatic heterocycles. The van der Waals surface area contributed by atoms with Crippen LogP contribution in [-0.2, 0) is 5.41 Å². The average molecular weight is 434 g/mol. The number of nitrogens with one attached hydrogen (secondary N) is 3. The Labute approximate surface area is 189 Å². The van der Waals surface area contributed by atoms with Crippen molar-refractivity contribution in [1.82, 2.24) is 16.0 Å². The molecule has 2 aromatic rings. The van der Waals surface area contributed by atoms with Gasteiger partial charge in [0.2, 0.25) is 5.96 Å². The van der Waals surface area contributed by atoms with Gasteiger partial charge in [-0.2, -0.15) is 5.26 Å². The number of hydrogen-bond donors (Lipinski definition) is 3. The predicted octanol–water partition coefficient (Wildman–Crippen LogP) is 3.34. The lowest BCUT2D eigenvalue weighted by Crippen LogP contribution is -2.49. The van der Waals surface area contributed by atoms with Crippen molar-refractivity contribution in [3.63, 3.8) is 0 Å². The molecule has 7 heteroatoms. The van der Waals surface area contributed by atoms with Gasteiger partial charge in [0.25, 0.3) is 5.91 Å².